The normalized spacial score (nSPS) is 17.3. The maximum Gasteiger partial charge on any atom is -0.0233 e. The molecule has 70 valence electrons. The summed E-state index contributed by atoms with van der Waals surface area (Å²) in [6.45, 7) is 8.87. The van der Waals surface area contributed by atoms with E-state index < -0.39 is 0 Å². The molecular formula is C12H22. The molecule has 0 aliphatic carbocycles. The van der Waals surface area contributed by atoms with Crippen LogP contribution in [0.1, 0.15) is 40.5 Å². The summed E-state index contributed by atoms with van der Waals surface area (Å²) in [5.74, 6) is 1.48. The molecule has 0 aromatic heterocycles. The van der Waals surface area contributed by atoms with Gasteiger partial charge in [-0.3, -0.25) is 0 Å². The fourth-order valence-electron chi connectivity index (χ4n) is 1.11. The van der Waals surface area contributed by atoms with Crippen LogP contribution in [0.3, 0.4) is 0 Å². The van der Waals surface area contributed by atoms with Crippen LogP contribution in [0.5, 0.6) is 0 Å². The van der Waals surface area contributed by atoms with Gasteiger partial charge in [0.15, 0.2) is 0 Å². The Bertz CT molecular complexity index is 142. The van der Waals surface area contributed by atoms with E-state index >= 15 is 0 Å². The Morgan fingerprint density at radius 1 is 1.17 bits per heavy atom. The Morgan fingerprint density at radius 2 is 1.83 bits per heavy atom. The van der Waals surface area contributed by atoms with Crippen molar-refractivity contribution in [1.29, 1.82) is 0 Å². The molecule has 0 aromatic rings. The third-order valence-electron chi connectivity index (χ3n) is 2.32. The maximum absolute atomic E-state index is 2.33. The SMILES string of the molecule is CC=CCC(C)C(C)C=CCC. The zero-order chi connectivity index (χ0) is 9.40. The molecule has 0 rings (SSSR count). The van der Waals surface area contributed by atoms with Crippen LogP contribution in [0.4, 0.5) is 0 Å². The number of hydrogen-bond donors (Lipinski definition) is 0. The van der Waals surface area contributed by atoms with E-state index in [1.54, 1.807) is 0 Å². The fraction of sp³-hybridized carbons (Fsp3) is 0.667. The molecule has 0 spiro atoms. The third kappa shape index (κ3) is 5.17. The first-order valence-electron chi connectivity index (χ1n) is 5.00. The van der Waals surface area contributed by atoms with Gasteiger partial charge in [-0.1, -0.05) is 45.1 Å². The highest BCUT2D eigenvalue weighted by Crippen LogP contribution is 2.16. The molecule has 0 bridgehead atoms. The van der Waals surface area contributed by atoms with Crippen molar-refractivity contribution in [2.45, 2.75) is 40.5 Å². The summed E-state index contributed by atoms with van der Waals surface area (Å²) in [4.78, 5) is 0. The highest BCUT2D eigenvalue weighted by molar-refractivity contribution is 4.90. The first-order valence-corrected chi connectivity index (χ1v) is 5.00. The second-order valence-electron chi connectivity index (χ2n) is 3.48. The summed E-state index contributed by atoms with van der Waals surface area (Å²) in [5, 5.41) is 0. The van der Waals surface area contributed by atoms with Gasteiger partial charge in [0.2, 0.25) is 0 Å². The third-order valence-corrected chi connectivity index (χ3v) is 2.32. The average Bonchev–Trinajstić information content (AvgIpc) is 2.10. The summed E-state index contributed by atoms with van der Waals surface area (Å²) < 4.78 is 0. The largest absolute Gasteiger partial charge is 0.0917 e. The van der Waals surface area contributed by atoms with E-state index in [0.29, 0.717) is 5.92 Å². The van der Waals surface area contributed by atoms with Crippen LogP contribution < -0.4 is 0 Å². The maximum atomic E-state index is 2.33. The zero-order valence-electron chi connectivity index (χ0n) is 8.88. The van der Waals surface area contributed by atoms with Crippen molar-refractivity contribution in [2.75, 3.05) is 0 Å². The number of hydrogen-bond acceptors (Lipinski definition) is 0. The van der Waals surface area contributed by atoms with Crippen LogP contribution in [-0.4, -0.2) is 0 Å². The molecule has 0 nitrogen and oxygen atoms in total. The zero-order valence-corrected chi connectivity index (χ0v) is 8.88. The first-order chi connectivity index (χ1) is 5.72. The lowest BCUT2D eigenvalue weighted by molar-refractivity contribution is 0.465. The minimum Gasteiger partial charge on any atom is -0.0917 e. The summed E-state index contributed by atoms with van der Waals surface area (Å²) in [6.07, 6.45) is 11.3. The van der Waals surface area contributed by atoms with E-state index in [4.69, 9.17) is 0 Å². The van der Waals surface area contributed by atoms with Gasteiger partial charge in [0.1, 0.15) is 0 Å². The summed E-state index contributed by atoms with van der Waals surface area (Å²) in [7, 11) is 0. The second-order valence-corrected chi connectivity index (χ2v) is 3.48. The van der Waals surface area contributed by atoms with Gasteiger partial charge in [-0.05, 0) is 31.6 Å². The Hall–Kier alpha value is -0.520. The van der Waals surface area contributed by atoms with E-state index in [-0.39, 0.29) is 0 Å². The topological polar surface area (TPSA) is 0 Å². The van der Waals surface area contributed by atoms with Gasteiger partial charge >= 0.3 is 0 Å². The molecule has 0 radical (unpaired) electrons. The highest BCUT2D eigenvalue weighted by atomic mass is 14.1. The minimum absolute atomic E-state index is 0.709. The van der Waals surface area contributed by atoms with Crippen molar-refractivity contribution >= 4 is 0 Å². The van der Waals surface area contributed by atoms with Gasteiger partial charge in [0.05, 0.1) is 0 Å². The molecule has 0 fully saturated rings. The Kier molecular flexibility index (Phi) is 6.84. The van der Waals surface area contributed by atoms with E-state index in [1.807, 2.05) is 0 Å². The number of allylic oxidation sites excluding steroid dienone is 4. The van der Waals surface area contributed by atoms with E-state index in [0.717, 1.165) is 12.3 Å². The molecule has 0 saturated heterocycles. The molecule has 0 amide bonds. The van der Waals surface area contributed by atoms with Crippen molar-refractivity contribution in [3.05, 3.63) is 24.3 Å². The van der Waals surface area contributed by atoms with Crippen LogP contribution in [-0.2, 0) is 0 Å². The smallest absolute Gasteiger partial charge is 0.0233 e. The predicted octanol–water partition coefficient (Wildman–Crippen LogP) is 4.19. The van der Waals surface area contributed by atoms with Crippen molar-refractivity contribution in [3.63, 3.8) is 0 Å². The summed E-state index contributed by atoms with van der Waals surface area (Å²) in [5.41, 5.74) is 0. The molecule has 2 atom stereocenters. The Balaban J connectivity index is 3.75. The molecular weight excluding hydrogens is 144 g/mol. The second kappa shape index (κ2) is 7.15. The monoisotopic (exact) mass is 166 g/mol. The standard InChI is InChI=1S/C12H22/c1-5-7-9-11(3)12(4)10-8-6-2/h5,7-8,10-12H,6,9H2,1-4H3. The van der Waals surface area contributed by atoms with E-state index in [1.165, 1.54) is 6.42 Å². The lowest BCUT2D eigenvalue weighted by Crippen LogP contribution is -2.03. The van der Waals surface area contributed by atoms with Crippen molar-refractivity contribution in [2.24, 2.45) is 11.8 Å². The van der Waals surface area contributed by atoms with Gasteiger partial charge < -0.3 is 0 Å². The molecule has 12 heavy (non-hydrogen) atoms. The van der Waals surface area contributed by atoms with Crippen LogP contribution in [0.2, 0.25) is 0 Å². The molecule has 0 heterocycles. The lowest BCUT2D eigenvalue weighted by Gasteiger charge is -2.13. The summed E-state index contributed by atoms with van der Waals surface area (Å²) >= 11 is 0. The minimum atomic E-state index is 0.709. The van der Waals surface area contributed by atoms with Crippen molar-refractivity contribution in [3.8, 4) is 0 Å². The van der Waals surface area contributed by atoms with Gasteiger partial charge in [-0.25, -0.2) is 0 Å². The Labute approximate surface area is 77.4 Å². The molecule has 0 aliphatic rings. The molecule has 2 unspecified atom stereocenters. The quantitative estimate of drug-likeness (QED) is 0.537. The molecule has 0 N–H and O–H groups in total. The molecule has 0 saturated carbocycles. The van der Waals surface area contributed by atoms with Gasteiger partial charge in [-0.2, -0.15) is 0 Å². The average molecular weight is 166 g/mol. The predicted molar refractivity (Wildman–Crippen MR) is 57.2 cm³/mol. The van der Waals surface area contributed by atoms with Crippen LogP contribution in [0.15, 0.2) is 24.3 Å². The fourth-order valence-corrected chi connectivity index (χ4v) is 1.11. The van der Waals surface area contributed by atoms with Gasteiger partial charge in [-0.15, -0.1) is 0 Å². The Morgan fingerprint density at radius 3 is 2.33 bits per heavy atom. The van der Waals surface area contributed by atoms with Crippen LogP contribution in [0.25, 0.3) is 0 Å². The van der Waals surface area contributed by atoms with Crippen LogP contribution >= 0.6 is 0 Å². The van der Waals surface area contributed by atoms with Gasteiger partial charge in [0.25, 0.3) is 0 Å². The van der Waals surface area contributed by atoms with Crippen molar-refractivity contribution < 1.29 is 0 Å². The first kappa shape index (κ1) is 11.5. The lowest BCUT2D eigenvalue weighted by atomic mass is 9.92. The van der Waals surface area contributed by atoms with Crippen molar-refractivity contribution in [1.82, 2.24) is 0 Å². The highest BCUT2D eigenvalue weighted by Gasteiger charge is 2.05. The van der Waals surface area contributed by atoms with E-state index in [9.17, 15) is 0 Å². The van der Waals surface area contributed by atoms with Gasteiger partial charge in [0, 0.05) is 0 Å². The molecule has 0 aromatic carbocycles. The van der Waals surface area contributed by atoms with E-state index in [2.05, 4.69) is 52.0 Å². The molecule has 0 aliphatic heterocycles. The summed E-state index contributed by atoms with van der Waals surface area (Å²) in [6, 6.07) is 0. The number of rotatable bonds is 5. The molecule has 0 heteroatoms. The van der Waals surface area contributed by atoms with Crippen LogP contribution in [0, 0.1) is 11.8 Å².